The van der Waals surface area contributed by atoms with Gasteiger partial charge in [-0.05, 0) is 39.0 Å². The maximum absolute atomic E-state index is 14.7. The van der Waals surface area contributed by atoms with Gasteiger partial charge in [0.1, 0.15) is 22.4 Å². The van der Waals surface area contributed by atoms with Crippen molar-refractivity contribution >= 4 is 36.6 Å². The molecule has 0 aliphatic carbocycles. The lowest BCUT2D eigenvalue weighted by molar-refractivity contribution is 0.164. The normalized spacial score (nSPS) is 12.7. The third-order valence-electron chi connectivity index (χ3n) is 4.22. The Morgan fingerprint density at radius 2 is 1.91 bits per heavy atom. The summed E-state index contributed by atoms with van der Waals surface area (Å²) in [7, 11) is -4.66. The maximum atomic E-state index is 14.7. The Morgan fingerprint density at radius 3 is 2.59 bits per heavy atom. The molecule has 0 spiro atoms. The highest BCUT2D eigenvalue weighted by Crippen LogP contribution is 2.38. The smallest absolute Gasteiger partial charge is 0.469 e. The maximum Gasteiger partial charge on any atom is 0.469 e. The molecule has 1 aromatic carbocycles. The number of halogens is 2. The van der Waals surface area contributed by atoms with E-state index in [4.69, 9.17) is 31.9 Å². The zero-order valence-electron chi connectivity index (χ0n) is 18.5. The van der Waals surface area contributed by atoms with Crippen LogP contribution in [0.4, 0.5) is 10.2 Å². The van der Waals surface area contributed by atoms with Crippen LogP contribution in [0.1, 0.15) is 19.5 Å². The van der Waals surface area contributed by atoms with Crippen LogP contribution in [-0.2, 0) is 9.09 Å². The Labute approximate surface area is 204 Å². The molecular weight excluding hydrogens is 508 g/mol. The molecule has 5 N–H and O–H groups in total. The lowest BCUT2D eigenvalue weighted by Crippen LogP contribution is -2.32. The van der Waals surface area contributed by atoms with Crippen LogP contribution in [0.5, 0.6) is 5.75 Å². The number of phosphoric acid groups is 1. The first-order valence-corrected chi connectivity index (χ1v) is 12.8. The number of aromatic nitrogens is 3. The molecule has 0 fully saturated rings. The van der Waals surface area contributed by atoms with Crippen molar-refractivity contribution < 1.29 is 28.0 Å². The Kier molecular flexibility index (Phi) is 8.58. The minimum Gasteiger partial charge on any atom is -0.489 e. The van der Waals surface area contributed by atoms with E-state index in [1.165, 1.54) is 23.5 Å². The highest BCUT2D eigenvalue weighted by Gasteiger charge is 2.19. The number of nitrogens with one attached hydrogen (secondary N) is 1. The Hall–Kier alpha value is -2.18. The van der Waals surface area contributed by atoms with Crippen molar-refractivity contribution in [1.29, 1.82) is 0 Å². The van der Waals surface area contributed by atoms with Crippen LogP contribution >= 0.6 is 30.8 Å². The molecule has 0 saturated carbocycles. The van der Waals surface area contributed by atoms with Crippen molar-refractivity contribution in [3.05, 3.63) is 40.8 Å². The molecule has 0 aliphatic heterocycles. The van der Waals surface area contributed by atoms with Crippen molar-refractivity contribution in [3.8, 4) is 26.9 Å². The Balaban J connectivity index is 1.76. The summed E-state index contributed by atoms with van der Waals surface area (Å²) < 4.78 is 35.0. The quantitative estimate of drug-likeness (QED) is 0.282. The van der Waals surface area contributed by atoms with Gasteiger partial charge in [-0.1, -0.05) is 22.9 Å². The van der Waals surface area contributed by atoms with E-state index in [0.717, 1.165) is 17.1 Å². The van der Waals surface area contributed by atoms with Crippen LogP contribution in [0.3, 0.4) is 0 Å². The fourth-order valence-corrected chi connectivity index (χ4v) is 4.40. The van der Waals surface area contributed by atoms with Gasteiger partial charge in [0.15, 0.2) is 11.6 Å². The molecule has 0 aliphatic rings. The number of ether oxygens (including phenoxy) is 1. The molecule has 3 aromatic rings. The van der Waals surface area contributed by atoms with Gasteiger partial charge in [0, 0.05) is 28.9 Å². The highest BCUT2D eigenvalue weighted by atomic mass is 35.5. The first-order valence-electron chi connectivity index (χ1n) is 10.1. The first kappa shape index (κ1) is 26.4. The van der Waals surface area contributed by atoms with Crippen molar-refractivity contribution in [2.45, 2.75) is 32.9 Å². The number of hydrogen-bond donors (Lipinski definition) is 4. The number of anilines is 1. The van der Waals surface area contributed by atoms with Gasteiger partial charge in [0.2, 0.25) is 0 Å². The molecule has 1 atom stereocenters. The number of nitrogens with two attached hydrogens (primary N) is 1. The fourth-order valence-electron chi connectivity index (χ4n) is 2.85. The summed E-state index contributed by atoms with van der Waals surface area (Å²) in [5.41, 5.74) is 7.65. The number of rotatable bonds is 10. The summed E-state index contributed by atoms with van der Waals surface area (Å²) in [5, 5.41) is 12.9. The summed E-state index contributed by atoms with van der Waals surface area (Å²) in [6.45, 7) is 5.20. The molecule has 34 heavy (non-hydrogen) atoms. The summed E-state index contributed by atoms with van der Waals surface area (Å²) >= 11 is 7.60. The zero-order chi connectivity index (χ0) is 25.0. The van der Waals surface area contributed by atoms with E-state index in [1.54, 1.807) is 0 Å². The number of nitrogens with zero attached hydrogens (tertiary/aromatic N) is 3. The predicted molar refractivity (Wildman–Crippen MR) is 129 cm³/mol. The Morgan fingerprint density at radius 1 is 1.21 bits per heavy atom. The molecule has 0 saturated heterocycles. The van der Waals surface area contributed by atoms with Crippen LogP contribution in [0.25, 0.3) is 21.1 Å². The average Bonchev–Trinajstić information content (AvgIpc) is 3.21. The molecule has 0 amide bonds. The summed E-state index contributed by atoms with van der Waals surface area (Å²) in [4.78, 5) is 21.9. The second-order valence-electron chi connectivity index (χ2n) is 7.71. The SMILES string of the molecule is Cc1cc(-c2nnc(-c3cc(F)c(OC[C@H](N)COP(=O)(O)O)cc3Cl)s2)cc(NC(C)C)n1. The van der Waals surface area contributed by atoms with E-state index in [9.17, 15) is 8.96 Å². The molecule has 3 rings (SSSR count). The van der Waals surface area contributed by atoms with Gasteiger partial charge in [-0.25, -0.2) is 13.9 Å². The molecule has 14 heteroatoms. The van der Waals surface area contributed by atoms with Crippen molar-refractivity contribution in [3.63, 3.8) is 0 Å². The number of hydrogen-bond acceptors (Lipinski definition) is 9. The van der Waals surface area contributed by atoms with Crippen LogP contribution < -0.4 is 15.8 Å². The number of aryl methyl sites for hydroxylation is 1. The van der Waals surface area contributed by atoms with Crippen molar-refractivity contribution in [1.82, 2.24) is 15.2 Å². The van der Waals surface area contributed by atoms with Crippen molar-refractivity contribution in [2.24, 2.45) is 5.73 Å². The minimum absolute atomic E-state index is 0.167. The monoisotopic (exact) mass is 531 g/mol. The number of pyridine rings is 1. The standard InChI is InChI=1S/C20H24ClFN5O5PS/c1-10(2)24-18-5-12(4-11(3)25-18)19-26-27-20(34-19)14-6-16(22)17(7-15(14)21)31-8-13(23)9-32-33(28,29)30/h4-7,10,13H,8-9,23H2,1-3H3,(H,24,25)(H2,28,29,30)/t13-/m0/s1. The number of phosphoric ester groups is 1. The zero-order valence-corrected chi connectivity index (χ0v) is 21.0. The molecule has 184 valence electrons. The van der Waals surface area contributed by atoms with Gasteiger partial charge >= 0.3 is 7.82 Å². The minimum atomic E-state index is -4.66. The lowest BCUT2D eigenvalue weighted by Gasteiger charge is -2.15. The Bertz CT molecular complexity index is 1210. The predicted octanol–water partition coefficient (Wildman–Crippen LogP) is 4.00. The van der Waals surface area contributed by atoms with Gasteiger partial charge in [0.05, 0.1) is 17.7 Å². The van der Waals surface area contributed by atoms with E-state index >= 15 is 0 Å². The topological polar surface area (TPSA) is 153 Å². The summed E-state index contributed by atoms with van der Waals surface area (Å²) in [6, 6.07) is 5.54. The van der Waals surface area contributed by atoms with E-state index in [0.29, 0.717) is 15.6 Å². The molecule has 0 radical (unpaired) electrons. The van der Waals surface area contributed by atoms with E-state index in [1.807, 2.05) is 32.9 Å². The molecular formula is C20H24ClFN5O5PS. The second kappa shape index (κ2) is 11.0. The van der Waals surface area contributed by atoms with Crippen LogP contribution in [0, 0.1) is 12.7 Å². The molecule has 2 heterocycles. The third-order valence-corrected chi connectivity index (χ3v) is 6.03. The lowest BCUT2D eigenvalue weighted by atomic mass is 10.2. The van der Waals surface area contributed by atoms with Gasteiger partial charge in [-0.3, -0.25) is 4.52 Å². The summed E-state index contributed by atoms with van der Waals surface area (Å²) in [6.07, 6.45) is 0. The molecule has 0 unspecified atom stereocenters. The van der Waals surface area contributed by atoms with Crippen LogP contribution in [0.2, 0.25) is 5.02 Å². The van der Waals surface area contributed by atoms with E-state index in [-0.39, 0.29) is 23.4 Å². The van der Waals surface area contributed by atoms with Gasteiger partial charge in [0.25, 0.3) is 0 Å². The average molecular weight is 532 g/mol. The number of benzene rings is 1. The summed E-state index contributed by atoms with van der Waals surface area (Å²) in [5.74, 6) is -0.154. The van der Waals surface area contributed by atoms with Crippen LogP contribution in [-0.4, -0.2) is 50.3 Å². The van der Waals surface area contributed by atoms with Crippen LogP contribution in [0.15, 0.2) is 24.3 Å². The molecule has 2 aromatic heterocycles. The van der Waals surface area contributed by atoms with E-state index in [2.05, 4.69) is 25.0 Å². The van der Waals surface area contributed by atoms with Gasteiger partial charge in [-0.2, -0.15) is 0 Å². The highest BCUT2D eigenvalue weighted by molar-refractivity contribution is 7.46. The van der Waals surface area contributed by atoms with Gasteiger partial charge < -0.3 is 25.6 Å². The molecule has 10 nitrogen and oxygen atoms in total. The first-order chi connectivity index (χ1) is 15.9. The van der Waals surface area contributed by atoms with E-state index < -0.39 is 26.3 Å². The molecule has 0 bridgehead atoms. The van der Waals surface area contributed by atoms with Crippen molar-refractivity contribution in [2.75, 3.05) is 18.5 Å². The largest absolute Gasteiger partial charge is 0.489 e. The second-order valence-corrected chi connectivity index (χ2v) is 10.3. The van der Waals surface area contributed by atoms with Gasteiger partial charge in [-0.15, -0.1) is 10.2 Å². The fraction of sp³-hybridized carbons (Fsp3) is 0.350. The third kappa shape index (κ3) is 7.41.